The second kappa shape index (κ2) is 10.2. The minimum absolute atomic E-state index is 0.0559. The van der Waals surface area contributed by atoms with Crippen LogP contribution in [-0.4, -0.2) is 42.6 Å². The third-order valence-electron chi connectivity index (χ3n) is 6.37. The molecule has 1 N–H and O–H groups in total. The lowest BCUT2D eigenvalue weighted by Gasteiger charge is -2.25. The third kappa shape index (κ3) is 4.35. The number of ketones is 1. The maximum atomic E-state index is 13.6. The maximum Gasteiger partial charge on any atom is 0.301 e. The van der Waals surface area contributed by atoms with Crippen molar-refractivity contribution in [3.05, 3.63) is 82.9 Å². The van der Waals surface area contributed by atoms with Gasteiger partial charge in [0.2, 0.25) is 0 Å². The van der Waals surface area contributed by atoms with Crippen molar-refractivity contribution >= 4 is 44.1 Å². The van der Waals surface area contributed by atoms with Crippen LogP contribution >= 0.6 is 11.3 Å². The van der Waals surface area contributed by atoms with Crippen molar-refractivity contribution in [3.8, 4) is 17.2 Å². The summed E-state index contributed by atoms with van der Waals surface area (Å²) in [7, 11) is 3.03. The number of hydrogen-bond donors (Lipinski definition) is 1. The highest BCUT2D eigenvalue weighted by Gasteiger charge is 2.49. The summed E-state index contributed by atoms with van der Waals surface area (Å²) < 4.78 is 17.5. The van der Waals surface area contributed by atoms with E-state index in [1.165, 1.54) is 30.5 Å². The number of aryl methyl sites for hydroxylation is 1. The number of aliphatic hydroxyl groups is 1. The molecule has 5 rings (SSSR count). The summed E-state index contributed by atoms with van der Waals surface area (Å²) in [4.78, 5) is 33.1. The number of amides is 1. The number of methoxy groups -OCH3 is 2. The number of aromatic nitrogens is 1. The molecule has 4 aromatic rings. The number of Topliss-reactive ketones (excluding diaryl/α,β-unsaturated/α-hetero) is 1. The van der Waals surface area contributed by atoms with Crippen LogP contribution in [0.3, 0.4) is 0 Å². The van der Waals surface area contributed by atoms with E-state index in [-0.39, 0.29) is 11.3 Å². The molecular formula is C29H26N2O6S. The van der Waals surface area contributed by atoms with Crippen LogP contribution in [0.1, 0.15) is 29.7 Å². The van der Waals surface area contributed by atoms with Gasteiger partial charge in [-0.25, -0.2) is 4.98 Å². The lowest BCUT2D eigenvalue weighted by Crippen LogP contribution is -2.29. The monoisotopic (exact) mass is 530 g/mol. The Morgan fingerprint density at radius 1 is 1.00 bits per heavy atom. The topological polar surface area (TPSA) is 98.2 Å². The molecule has 1 fully saturated rings. The molecule has 1 amide bonds. The minimum atomic E-state index is -1.01. The summed E-state index contributed by atoms with van der Waals surface area (Å²) in [6.45, 7) is 4.34. The Morgan fingerprint density at radius 2 is 1.74 bits per heavy atom. The molecule has 9 heteroatoms. The Hall–Kier alpha value is -4.37. The van der Waals surface area contributed by atoms with Gasteiger partial charge in [-0.1, -0.05) is 41.2 Å². The van der Waals surface area contributed by atoms with Crippen LogP contribution in [-0.2, 0) is 9.59 Å². The second-order valence-electron chi connectivity index (χ2n) is 8.70. The molecule has 8 nitrogen and oxygen atoms in total. The van der Waals surface area contributed by atoms with Crippen molar-refractivity contribution in [1.82, 2.24) is 4.98 Å². The van der Waals surface area contributed by atoms with E-state index in [4.69, 9.17) is 14.2 Å². The molecule has 1 atom stereocenters. The molecule has 1 aromatic heterocycles. The summed E-state index contributed by atoms with van der Waals surface area (Å²) in [6, 6.07) is 16.7. The molecule has 1 aliphatic rings. The normalized spacial score (nSPS) is 16.7. The summed E-state index contributed by atoms with van der Waals surface area (Å²) >= 11 is 1.26. The van der Waals surface area contributed by atoms with E-state index < -0.39 is 17.7 Å². The number of rotatable bonds is 7. The molecule has 1 aliphatic heterocycles. The fraction of sp³-hybridized carbons (Fsp3) is 0.207. The van der Waals surface area contributed by atoms with Gasteiger partial charge in [0.05, 0.1) is 36.6 Å². The number of carbonyl (C=O) groups is 2. The van der Waals surface area contributed by atoms with Crippen molar-refractivity contribution < 1.29 is 28.9 Å². The zero-order chi connectivity index (χ0) is 27.0. The van der Waals surface area contributed by atoms with E-state index in [1.807, 2.05) is 44.2 Å². The zero-order valence-corrected chi connectivity index (χ0v) is 22.2. The van der Waals surface area contributed by atoms with Crippen LogP contribution in [0.15, 0.2) is 66.2 Å². The van der Waals surface area contributed by atoms with E-state index in [0.717, 1.165) is 10.3 Å². The molecule has 3 aromatic carbocycles. The van der Waals surface area contributed by atoms with Gasteiger partial charge in [0.1, 0.15) is 29.0 Å². The lowest BCUT2D eigenvalue weighted by molar-refractivity contribution is -0.132. The summed E-state index contributed by atoms with van der Waals surface area (Å²) in [5, 5.41) is 11.7. The Balaban J connectivity index is 1.75. The Morgan fingerprint density at radius 3 is 2.42 bits per heavy atom. The molecule has 1 saturated heterocycles. The fourth-order valence-corrected chi connectivity index (χ4v) is 5.52. The Bertz CT molecular complexity index is 1570. The predicted octanol–water partition coefficient (Wildman–Crippen LogP) is 5.65. The van der Waals surface area contributed by atoms with Gasteiger partial charge < -0.3 is 19.3 Å². The number of aliphatic hydroxyl groups excluding tert-OH is 1. The van der Waals surface area contributed by atoms with Crippen LogP contribution in [0.5, 0.6) is 17.2 Å². The summed E-state index contributed by atoms with van der Waals surface area (Å²) in [5.41, 5.74) is 2.50. The first-order valence-corrected chi connectivity index (χ1v) is 12.8. The molecule has 0 spiro atoms. The quantitative estimate of drug-likeness (QED) is 0.187. The van der Waals surface area contributed by atoms with E-state index in [0.29, 0.717) is 45.6 Å². The van der Waals surface area contributed by atoms with Gasteiger partial charge in [0.15, 0.2) is 5.13 Å². The number of thiazole rings is 1. The molecule has 0 bridgehead atoms. The molecule has 0 saturated carbocycles. The van der Waals surface area contributed by atoms with Crippen molar-refractivity contribution in [2.45, 2.75) is 19.9 Å². The molecular weight excluding hydrogens is 504 g/mol. The van der Waals surface area contributed by atoms with Crippen LogP contribution in [0, 0.1) is 6.92 Å². The first-order chi connectivity index (χ1) is 18.4. The van der Waals surface area contributed by atoms with Crippen molar-refractivity contribution in [2.24, 2.45) is 0 Å². The number of fused-ring (bicyclic) bond motifs is 1. The standard InChI is InChI=1S/C29H26N2O6S/c1-5-37-19-10-12-21-23(15-19)38-29(30-21)31-25(20-14-18(35-3)11-13-22(20)36-4)24(27(33)28(31)34)26(32)17-8-6-16(2)7-9-17/h6-15,25,32H,5H2,1-4H3/b26-24+/t25-/m1/s1. The van der Waals surface area contributed by atoms with Crippen molar-refractivity contribution in [1.29, 1.82) is 0 Å². The van der Waals surface area contributed by atoms with Crippen LogP contribution in [0.4, 0.5) is 5.13 Å². The number of benzene rings is 3. The first-order valence-electron chi connectivity index (χ1n) is 12.0. The van der Waals surface area contributed by atoms with E-state index in [2.05, 4.69) is 4.98 Å². The van der Waals surface area contributed by atoms with Gasteiger partial charge in [-0.05, 0) is 50.2 Å². The fourth-order valence-electron chi connectivity index (χ4n) is 4.50. The van der Waals surface area contributed by atoms with Crippen LogP contribution in [0.25, 0.3) is 16.0 Å². The lowest BCUT2D eigenvalue weighted by atomic mass is 9.94. The van der Waals surface area contributed by atoms with Gasteiger partial charge in [-0.2, -0.15) is 0 Å². The second-order valence-corrected chi connectivity index (χ2v) is 9.71. The molecule has 38 heavy (non-hydrogen) atoms. The highest BCUT2D eigenvalue weighted by Crippen LogP contribution is 2.47. The molecule has 0 unspecified atom stereocenters. The maximum absolute atomic E-state index is 13.6. The smallest absolute Gasteiger partial charge is 0.301 e. The van der Waals surface area contributed by atoms with Gasteiger partial charge in [0.25, 0.3) is 5.78 Å². The number of ether oxygens (including phenoxy) is 3. The number of nitrogens with zero attached hydrogens (tertiary/aromatic N) is 2. The summed E-state index contributed by atoms with van der Waals surface area (Å²) in [6.07, 6.45) is 0. The SMILES string of the molecule is CCOc1ccc2nc(N3C(=O)C(=O)/C(=C(/O)c4ccc(C)cc4)[C@H]3c3cc(OC)ccc3OC)sc2c1. The number of carbonyl (C=O) groups excluding carboxylic acids is 2. The molecule has 0 aliphatic carbocycles. The largest absolute Gasteiger partial charge is 0.507 e. The first kappa shape index (κ1) is 25.3. The van der Waals surface area contributed by atoms with Gasteiger partial charge in [-0.3, -0.25) is 14.5 Å². The van der Waals surface area contributed by atoms with Crippen molar-refractivity contribution in [2.75, 3.05) is 25.7 Å². The Kier molecular flexibility index (Phi) is 6.77. The summed E-state index contributed by atoms with van der Waals surface area (Å²) in [5.74, 6) is -0.266. The highest BCUT2D eigenvalue weighted by molar-refractivity contribution is 7.22. The van der Waals surface area contributed by atoms with E-state index in [9.17, 15) is 14.7 Å². The predicted molar refractivity (Wildman–Crippen MR) is 146 cm³/mol. The van der Waals surface area contributed by atoms with Gasteiger partial charge in [-0.15, -0.1) is 0 Å². The molecule has 2 heterocycles. The number of anilines is 1. The average molecular weight is 531 g/mol. The van der Waals surface area contributed by atoms with Gasteiger partial charge in [0, 0.05) is 11.1 Å². The molecule has 194 valence electrons. The highest BCUT2D eigenvalue weighted by atomic mass is 32.1. The average Bonchev–Trinajstić information content (AvgIpc) is 3.46. The van der Waals surface area contributed by atoms with Crippen LogP contribution < -0.4 is 19.1 Å². The third-order valence-corrected chi connectivity index (χ3v) is 7.38. The van der Waals surface area contributed by atoms with E-state index >= 15 is 0 Å². The minimum Gasteiger partial charge on any atom is -0.507 e. The van der Waals surface area contributed by atoms with Crippen LogP contribution in [0.2, 0.25) is 0 Å². The zero-order valence-electron chi connectivity index (χ0n) is 21.3. The van der Waals surface area contributed by atoms with E-state index in [1.54, 1.807) is 30.3 Å². The number of hydrogen-bond acceptors (Lipinski definition) is 8. The van der Waals surface area contributed by atoms with Crippen molar-refractivity contribution in [3.63, 3.8) is 0 Å². The van der Waals surface area contributed by atoms with Gasteiger partial charge >= 0.3 is 5.91 Å². The molecule has 0 radical (unpaired) electrons. The Labute approximate surface area is 223 Å².